The Bertz CT molecular complexity index is 1110. The monoisotopic (exact) mass is 435 g/mol. The number of anilines is 1. The zero-order valence-electron chi connectivity index (χ0n) is 16.0. The summed E-state index contributed by atoms with van der Waals surface area (Å²) in [6, 6.07) is 19.0. The van der Waals surface area contributed by atoms with Gasteiger partial charge in [-0.1, -0.05) is 53.7 Å². The number of aromatic nitrogens is 1. The molecule has 0 saturated carbocycles. The number of nitriles is 1. The number of thioether (sulfide) groups is 1. The average Bonchev–Trinajstić information content (AvgIpc) is 2.78. The van der Waals surface area contributed by atoms with Crippen LogP contribution in [0.15, 0.2) is 59.6 Å². The van der Waals surface area contributed by atoms with E-state index in [1.54, 1.807) is 24.3 Å². The van der Waals surface area contributed by atoms with Gasteiger partial charge in [0.15, 0.2) is 0 Å². The number of amides is 1. The molecule has 2 aromatic carbocycles. The molecule has 1 aliphatic heterocycles. The van der Waals surface area contributed by atoms with E-state index in [1.807, 2.05) is 30.3 Å². The molecule has 1 amide bonds. The SMILES string of the molecule is N#Cc1c(SCC(=O)Nc2ccc(Cl)cc2)nc2c(c1-c1ccccc1)COCC2. The van der Waals surface area contributed by atoms with E-state index in [9.17, 15) is 10.1 Å². The van der Waals surface area contributed by atoms with Gasteiger partial charge in [0, 0.05) is 28.3 Å². The molecule has 5 nitrogen and oxygen atoms in total. The number of pyridine rings is 1. The quantitative estimate of drug-likeness (QED) is 0.566. The summed E-state index contributed by atoms with van der Waals surface area (Å²) in [5.74, 6) is -0.0243. The summed E-state index contributed by atoms with van der Waals surface area (Å²) >= 11 is 7.15. The summed E-state index contributed by atoms with van der Waals surface area (Å²) < 4.78 is 5.64. The van der Waals surface area contributed by atoms with E-state index in [-0.39, 0.29) is 11.7 Å². The Morgan fingerprint density at radius 1 is 1.20 bits per heavy atom. The van der Waals surface area contributed by atoms with Crippen molar-refractivity contribution in [3.8, 4) is 17.2 Å². The molecule has 0 aliphatic carbocycles. The third-order valence-corrected chi connectivity index (χ3v) is 5.95. The minimum Gasteiger partial charge on any atom is -0.376 e. The first-order valence-electron chi connectivity index (χ1n) is 9.43. The number of ether oxygens (including phenoxy) is 1. The van der Waals surface area contributed by atoms with Crippen molar-refractivity contribution in [3.05, 3.63) is 76.4 Å². The fraction of sp³-hybridized carbons (Fsp3) is 0.174. The first-order chi connectivity index (χ1) is 14.7. The number of benzene rings is 2. The number of fused-ring (bicyclic) bond motifs is 1. The fourth-order valence-electron chi connectivity index (χ4n) is 3.35. The number of hydrogen-bond donors (Lipinski definition) is 1. The van der Waals surface area contributed by atoms with Crippen molar-refractivity contribution in [1.29, 1.82) is 5.26 Å². The normalized spacial score (nSPS) is 12.7. The van der Waals surface area contributed by atoms with Crippen LogP contribution in [0, 0.1) is 11.3 Å². The van der Waals surface area contributed by atoms with Crippen molar-refractivity contribution in [3.63, 3.8) is 0 Å². The molecule has 4 rings (SSSR count). The van der Waals surface area contributed by atoms with E-state index in [1.165, 1.54) is 11.8 Å². The highest BCUT2D eigenvalue weighted by Crippen LogP contribution is 2.36. The van der Waals surface area contributed by atoms with Gasteiger partial charge in [0.2, 0.25) is 5.91 Å². The molecule has 30 heavy (non-hydrogen) atoms. The third-order valence-electron chi connectivity index (χ3n) is 4.72. The minimum atomic E-state index is -0.171. The van der Waals surface area contributed by atoms with Gasteiger partial charge < -0.3 is 10.1 Å². The van der Waals surface area contributed by atoms with Crippen LogP contribution >= 0.6 is 23.4 Å². The Morgan fingerprint density at radius 2 is 1.97 bits per heavy atom. The van der Waals surface area contributed by atoms with Crippen LogP contribution < -0.4 is 5.32 Å². The number of carbonyl (C=O) groups excluding carboxylic acids is 1. The maximum atomic E-state index is 12.4. The smallest absolute Gasteiger partial charge is 0.234 e. The fourth-order valence-corrected chi connectivity index (χ4v) is 4.28. The van der Waals surface area contributed by atoms with Gasteiger partial charge in [0.05, 0.1) is 30.2 Å². The highest BCUT2D eigenvalue weighted by Gasteiger charge is 2.24. The Morgan fingerprint density at radius 3 is 2.70 bits per heavy atom. The van der Waals surface area contributed by atoms with E-state index in [4.69, 9.17) is 21.3 Å². The van der Waals surface area contributed by atoms with Gasteiger partial charge in [0.25, 0.3) is 0 Å². The molecule has 1 aromatic heterocycles. The van der Waals surface area contributed by atoms with Crippen LogP contribution in [0.2, 0.25) is 5.02 Å². The zero-order valence-corrected chi connectivity index (χ0v) is 17.6. The molecule has 3 aromatic rings. The number of hydrogen-bond acceptors (Lipinski definition) is 5. The molecule has 1 aliphatic rings. The van der Waals surface area contributed by atoms with Crippen molar-refractivity contribution in [2.75, 3.05) is 17.7 Å². The molecule has 7 heteroatoms. The van der Waals surface area contributed by atoms with Crippen LogP contribution in [0.4, 0.5) is 5.69 Å². The van der Waals surface area contributed by atoms with Gasteiger partial charge in [0.1, 0.15) is 11.1 Å². The lowest BCUT2D eigenvalue weighted by Crippen LogP contribution is -2.17. The highest BCUT2D eigenvalue weighted by molar-refractivity contribution is 8.00. The van der Waals surface area contributed by atoms with Crippen molar-refractivity contribution in [2.24, 2.45) is 0 Å². The predicted molar refractivity (Wildman–Crippen MR) is 119 cm³/mol. The third kappa shape index (κ3) is 4.49. The molecule has 0 atom stereocenters. The Hall–Kier alpha value is -2.85. The predicted octanol–water partition coefficient (Wildman–Crippen LogP) is 5.08. The van der Waals surface area contributed by atoms with E-state index in [2.05, 4.69) is 11.4 Å². The molecule has 0 fully saturated rings. The second-order valence-electron chi connectivity index (χ2n) is 6.72. The molecule has 2 heterocycles. The van der Waals surface area contributed by atoms with Crippen LogP contribution in [-0.4, -0.2) is 23.3 Å². The van der Waals surface area contributed by atoms with Gasteiger partial charge in [-0.25, -0.2) is 4.98 Å². The molecular formula is C23H18ClN3O2S. The molecule has 0 bridgehead atoms. The maximum Gasteiger partial charge on any atom is 0.234 e. The van der Waals surface area contributed by atoms with Crippen LogP contribution in [-0.2, 0) is 22.6 Å². The van der Waals surface area contributed by atoms with Gasteiger partial charge in [-0.2, -0.15) is 5.26 Å². The number of rotatable bonds is 5. The topological polar surface area (TPSA) is 75.0 Å². The molecule has 0 radical (unpaired) electrons. The van der Waals surface area contributed by atoms with Crippen molar-refractivity contribution in [2.45, 2.75) is 18.1 Å². The average molecular weight is 436 g/mol. The summed E-state index contributed by atoms with van der Waals surface area (Å²) in [6.07, 6.45) is 0.686. The Labute approximate surface area is 184 Å². The van der Waals surface area contributed by atoms with Crippen molar-refractivity contribution in [1.82, 2.24) is 4.98 Å². The Balaban J connectivity index is 1.62. The van der Waals surface area contributed by atoms with Crippen molar-refractivity contribution < 1.29 is 9.53 Å². The standard InChI is InChI=1S/C23H18ClN3O2S/c24-16-6-8-17(9-7-16)26-21(28)14-30-23-18(12-25)22(15-4-2-1-3-5-15)19-13-29-11-10-20(19)27-23/h1-9H,10-11,13-14H2,(H,26,28). The summed E-state index contributed by atoms with van der Waals surface area (Å²) in [4.78, 5) is 17.1. The van der Waals surface area contributed by atoms with Crippen LogP contribution in [0.3, 0.4) is 0 Å². The summed E-state index contributed by atoms with van der Waals surface area (Å²) in [7, 11) is 0. The minimum absolute atomic E-state index is 0.147. The van der Waals surface area contributed by atoms with Gasteiger partial charge in [-0.15, -0.1) is 0 Å². The van der Waals surface area contributed by atoms with Gasteiger partial charge in [-0.05, 0) is 29.8 Å². The number of halogens is 1. The van der Waals surface area contributed by atoms with Gasteiger partial charge in [-0.3, -0.25) is 4.79 Å². The molecule has 0 unspecified atom stereocenters. The number of nitrogens with zero attached hydrogens (tertiary/aromatic N) is 2. The van der Waals surface area contributed by atoms with E-state index < -0.39 is 0 Å². The van der Waals surface area contributed by atoms with E-state index >= 15 is 0 Å². The van der Waals surface area contributed by atoms with Gasteiger partial charge >= 0.3 is 0 Å². The molecule has 150 valence electrons. The summed E-state index contributed by atoms with van der Waals surface area (Å²) in [5, 5.41) is 13.9. The first kappa shape index (κ1) is 20.4. The molecule has 1 N–H and O–H groups in total. The largest absolute Gasteiger partial charge is 0.376 e. The zero-order chi connectivity index (χ0) is 20.9. The lowest BCUT2D eigenvalue weighted by atomic mass is 9.93. The molecular weight excluding hydrogens is 418 g/mol. The highest BCUT2D eigenvalue weighted by atomic mass is 35.5. The first-order valence-corrected chi connectivity index (χ1v) is 10.8. The number of carbonyl (C=O) groups is 1. The van der Waals surface area contributed by atoms with Crippen molar-refractivity contribution >= 4 is 35.0 Å². The maximum absolute atomic E-state index is 12.4. The van der Waals surface area contributed by atoms with Crippen LogP contribution in [0.25, 0.3) is 11.1 Å². The van der Waals surface area contributed by atoms with E-state index in [0.29, 0.717) is 40.9 Å². The van der Waals surface area contributed by atoms with Crippen LogP contribution in [0.1, 0.15) is 16.8 Å². The lowest BCUT2D eigenvalue weighted by Gasteiger charge is -2.22. The van der Waals surface area contributed by atoms with Crippen LogP contribution in [0.5, 0.6) is 0 Å². The second kappa shape index (κ2) is 9.31. The Kier molecular flexibility index (Phi) is 6.34. The second-order valence-corrected chi connectivity index (χ2v) is 8.12. The molecule has 0 spiro atoms. The number of nitrogens with one attached hydrogen (secondary N) is 1. The molecule has 0 saturated heterocycles. The lowest BCUT2D eigenvalue weighted by molar-refractivity contribution is -0.113. The summed E-state index contributed by atoms with van der Waals surface area (Å²) in [5.41, 5.74) is 4.84. The summed E-state index contributed by atoms with van der Waals surface area (Å²) in [6.45, 7) is 1.03. The van der Waals surface area contributed by atoms with E-state index in [0.717, 1.165) is 22.4 Å².